The molecule has 0 unspecified atom stereocenters. The van der Waals surface area contributed by atoms with Crippen molar-refractivity contribution >= 4 is 6.15 Å². The lowest BCUT2D eigenvalue weighted by atomic mass is 10.0. The Bertz CT molecular complexity index is 506. The first kappa shape index (κ1) is 13.7. The summed E-state index contributed by atoms with van der Waals surface area (Å²) >= 11 is 0. The summed E-state index contributed by atoms with van der Waals surface area (Å²) in [5, 5.41) is 0. The van der Waals surface area contributed by atoms with Gasteiger partial charge in [0.25, 0.3) is 0 Å². The second-order valence-corrected chi connectivity index (χ2v) is 3.68. The van der Waals surface area contributed by atoms with Crippen LogP contribution in [0, 0.1) is 6.92 Å². The number of aryl methyl sites for hydroxylation is 1. The van der Waals surface area contributed by atoms with Crippen molar-refractivity contribution in [1.82, 2.24) is 0 Å². The summed E-state index contributed by atoms with van der Waals surface area (Å²) in [7, 11) is 1.68. The first-order chi connectivity index (χ1) is 8.71. The molecule has 0 bridgehead atoms. The maximum atomic E-state index is 8.12. The Morgan fingerprint density at radius 3 is 1.61 bits per heavy atom. The fraction of sp³-hybridized carbons (Fsp3) is 0.133. The van der Waals surface area contributed by atoms with Gasteiger partial charge in [0.2, 0.25) is 0 Å². The van der Waals surface area contributed by atoms with Gasteiger partial charge >= 0.3 is 6.15 Å². The molecule has 0 spiro atoms. The largest absolute Gasteiger partial charge is 0.497 e. The Hall–Kier alpha value is -2.38. The molecule has 0 amide bonds. The molecule has 0 radical (unpaired) electrons. The molecule has 2 aromatic carbocycles. The molecular formula is C15H14O3. The van der Waals surface area contributed by atoms with Gasteiger partial charge in [-0.1, -0.05) is 42.0 Å². The quantitative estimate of drug-likeness (QED) is 0.812. The number of methoxy groups -OCH3 is 1. The van der Waals surface area contributed by atoms with Crippen molar-refractivity contribution in [3.05, 3.63) is 54.1 Å². The van der Waals surface area contributed by atoms with Gasteiger partial charge in [-0.25, -0.2) is 0 Å². The van der Waals surface area contributed by atoms with E-state index in [1.54, 1.807) is 7.11 Å². The molecule has 0 fully saturated rings. The SMILES string of the molecule is COc1ccc(-c2ccc(C)cc2)cc1.O=C=O. The third kappa shape index (κ3) is 3.89. The van der Waals surface area contributed by atoms with Gasteiger partial charge in [-0.2, -0.15) is 9.59 Å². The molecule has 0 aliphatic carbocycles. The fourth-order valence-electron chi connectivity index (χ4n) is 1.53. The topological polar surface area (TPSA) is 43.4 Å². The van der Waals surface area contributed by atoms with Crippen LogP contribution in [-0.4, -0.2) is 13.3 Å². The van der Waals surface area contributed by atoms with Crippen molar-refractivity contribution in [2.45, 2.75) is 6.92 Å². The zero-order valence-corrected chi connectivity index (χ0v) is 10.3. The molecule has 0 atom stereocenters. The number of carbonyl (C=O) groups excluding carboxylic acids is 2. The first-order valence-electron chi connectivity index (χ1n) is 5.41. The second kappa shape index (κ2) is 7.05. The fourth-order valence-corrected chi connectivity index (χ4v) is 1.53. The molecule has 0 heterocycles. The number of hydrogen-bond acceptors (Lipinski definition) is 3. The van der Waals surface area contributed by atoms with Gasteiger partial charge in [0, 0.05) is 0 Å². The number of hydrogen-bond donors (Lipinski definition) is 0. The first-order valence-corrected chi connectivity index (χ1v) is 5.41. The highest BCUT2D eigenvalue weighted by Gasteiger charge is 1.97. The average molecular weight is 242 g/mol. The zero-order valence-electron chi connectivity index (χ0n) is 10.3. The summed E-state index contributed by atoms with van der Waals surface area (Å²) in [5.41, 5.74) is 3.74. The van der Waals surface area contributed by atoms with E-state index in [9.17, 15) is 0 Å². The maximum Gasteiger partial charge on any atom is 0.373 e. The van der Waals surface area contributed by atoms with Crippen LogP contribution in [0.4, 0.5) is 0 Å². The maximum absolute atomic E-state index is 8.12. The van der Waals surface area contributed by atoms with E-state index in [1.807, 2.05) is 12.1 Å². The molecule has 2 aromatic rings. The van der Waals surface area contributed by atoms with Crippen LogP contribution < -0.4 is 4.74 Å². The highest BCUT2D eigenvalue weighted by Crippen LogP contribution is 2.22. The van der Waals surface area contributed by atoms with Crippen LogP contribution in [0.2, 0.25) is 0 Å². The summed E-state index contributed by atoms with van der Waals surface area (Å²) in [5.74, 6) is 0.894. The third-order valence-corrected chi connectivity index (χ3v) is 2.47. The van der Waals surface area contributed by atoms with Gasteiger partial charge in [-0.3, -0.25) is 0 Å². The Morgan fingerprint density at radius 1 is 0.833 bits per heavy atom. The average Bonchev–Trinajstić information content (AvgIpc) is 2.41. The minimum Gasteiger partial charge on any atom is -0.497 e. The van der Waals surface area contributed by atoms with Crippen LogP contribution in [-0.2, 0) is 9.59 Å². The molecule has 0 saturated carbocycles. The monoisotopic (exact) mass is 242 g/mol. The van der Waals surface area contributed by atoms with Crippen LogP contribution in [0.3, 0.4) is 0 Å². The van der Waals surface area contributed by atoms with E-state index in [0.717, 1.165) is 5.75 Å². The van der Waals surface area contributed by atoms with Gasteiger partial charge < -0.3 is 4.74 Å². The summed E-state index contributed by atoms with van der Waals surface area (Å²) < 4.78 is 5.12. The van der Waals surface area contributed by atoms with Gasteiger partial charge in [0.1, 0.15) is 5.75 Å². The molecule has 3 heteroatoms. The number of rotatable bonds is 2. The molecule has 0 aliphatic heterocycles. The van der Waals surface area contributed by atoms with Crippen molar-refractivity contribution < 1.29 is 14.3 Å². The highest BCUT2D eigenvalue weighted by atomic mass is 16.5. The standard InChI is InChI=1S/C14H14O.CO2/c1-11-3-5-12(6-4-11)13-7-9-14(15-2)10-8-13;2-1-3/h3-10H,1-2H3;. The molecule has 0 N–H and O–H groups in total. The Morgan fingerprint density at radius 2 is 1.22 bits per heavy atom. The van der Waals surface area contributed by atoms with E-state index in [1.165, 1.54) is 16.7 Å². The van der Waals surface area contributed by atoms with Gasteiger partial charge in [-0.15, -0.1) is 0 Å². The lowest BCUT2D eigenvalue weighted by molar-refractivity contribution is -0.191. The van der Waals surface area contributed by atoms with Crippen LogP contribution in [0.25, 0.3) is 11.1 Å². The lowest BCUT2D eigenvalue weighted by Gasteiger charge is -2.03. The predicted molar refractivity (Wildman–Crippen MR) is 68.2 cm³/mol. The van der Waals surface area contributed by atoms with Crippen molar-refractivity contribution in [2.24, 2.45) is 0 Å². The smallest absolute Gasteiger partial charge is 0.373 e. The second-order valence-electron chi connectivity index (χ2n) is 3.68. The van der Waals surface area contributed by atoms with E-state index in [-0.39, 0.29) is 6.15 Å². The van der Waals surface area contributed by atoms with Crippen LogP contribution in [0.5, 0.6) is 5.75 Å². The molecule has 18 heavy (non-hydrogen) atoms. The van der Waals surface area contributed by atoms with E-state index in [0.29, 0.717) is 0 Å². The number of ether oxygens (including phenoxy) is 1. The minimum atomic E-state index is 0.250. The van der Waals surface area contributed by atoms with Crippen molar-refractivity contribution in [1.29, 1.82) is 0 Å². The highest BCUT2D eigenvalue weighted by molar-refractivity contribution is 5.64. The van der Waals surface area contributed by atoms with E-state index < -0.39 is 0 Å². The normalized spacial score (nSPS) is 8.78. The van der Waals surface area contributed by atoms with Gasteiger partial charge in [0.05, 0.1) is 7.11 Å². The predicted octanol–water partition coefficient (Wildman–Crippen LogP) is 3.09. The summed E-state index contributed by atoms with van der Waals surface area (Å²) in [6.07, 6.45) is 0.250. The molecule has 0 saturated heterocycles. The minimum absolute atomic E-state index is 0.250. The van der Waals surface area contributed by atoms with E-state index >= 15 is 0 Å². The van der Waals surface area contributed by atoms with Gasteiger partial charge in [0.15, 0.2) is 0 Å². The summed E-state index contributed by atoms with van der Waals surface area (Å²) in [4.78, 5) is 16.2. The summed E-state index contributed by atoms with van der Waals surface area (Å²) in [6, 6.07) is 16.6. The van der Waals surface area contributed by atoms with Crippen molar-refractivity contribution in [3.63, 3.8) is 0 Å². The number of benzene rings is 2. The molecule has 2 rings (SSSR count). The Labute approximate surface area is 106 Å². The van der Waals surface area contributed by atoms with Crippen molar-refractivity contribution in [2.75, 3.05) is 7.11 Å². The van der Waals surface area contributed by atoms with Crippen LogP contribution in [0.1, 0.15) is 5.56 Å². The van der Waals surface area contributed by atoms with Gasteiger partial charge in [-0.05, 0) is 30.2 Å². The van der Waals surface area contributed by atoms with E-state index in [4.69, 9.17) is 14.3 Å². The van der Waals surface area contributed by atoms with Crippen molar-refractivity contribution in [3.8, 4) is 16.9 Å². The molecular weight excluding hydrogens is 228 g/mol. The zero-order chi connectivity index (χ0) is 13.4. The lowest BCUT2D eigenvalue weighted by Crippen LogP contribution is -1.82. The molecule has 0 aliphatic rings. The molecule has 3 nitrogen and oxygen atoms in total. The van der Waals surface area contributed by atoms with E-state index in [2.05, 4.69) is 43.3 Å². The third-order valence-electron chi connectivity index (χ3n) is 2.47. The van der Waals surface area contributed by atoms with Crippen LogP contribution in [0.15, 0.2) is 48.5 Å². The Balaban J connectivity index is 0.000000492. The molecule has 92 valence electrons. The molecule has 0 aromatic heterocycles. The summed E-state index contributed by atoms with van der Waals surface area (Å²) in [6.45, 7) is 2.10. The Kier molecular flexibility index (Phi) is 5.36. The van der Waals surface area contributed by atoms with Crippen LogP contribution >= 0.6 is 0 Å².